The first-order valence-electron chi connectivity index (χ1n) is 7.55. The second-order valence-electron chi connectivity index (χ2n) is 5.47. The number of aromatic amines is 2. The standard InChI is InChI=1S/C16H16N4O4/c21-13(17-9-10-8-14(22)19-18-10)6-3-7-20-15(23)11-4-1-2-5-12(11)16(20)24/h1-2,4-5,8H,3,6-7,9H2,(H,17,21)(H2,18,19,22). The quantitative estimate of drug-likeness (QED) is 0.666. The summed E-state index contributed by atoms with van der Waals surface area (Å²) in [6, 6.07) is 8.04. The number of carbonyl (C=O) groups is 3. The van der Waals surface area contributed by atoms with Gasteiger partial charge in [0.15, 0.2) is 0 Å². The first-order valence-corrected chi connectivity index (χ1v) is 7.55. The molecule has 0 unspecified atom stereocenters. The van der Waals surface area contributed by atoms with E-state index in [1.54, 1.807) is 24.3 Å². The second kappa shape index (κ2) is 6.53. The Hall–Kier alpha value is -3.16. The minimum atomic E-state index is -0.319. The summed E-state index contributed by atoms with van der Waals surface area (Å²) < 4.78 is 0. The van der Waals surface area contributed by atoms with Crippen molar-refractivity contribution in [1.29, 1.82) is 0 Å². The van der Waals surface area contributed by atoms with Crippen LogP contribution < -0.4 is 10.9 Å². The maximum absolute atomic E-state index is 12.2. The van der Waals surface area contributed by atoms with E-state index in [0.717, 1.165) is 0 Å². The Morgan fingerprint density at radius 3 is 2.29 bits per heavy atom. The Morgan fingerprint density at radius 2 is 1.71 bits per heavy atom. The van der Waals surface area contributed by atoms with Crippen LogP contribution in [0.3, 0.4) is 0 Å². The van der Waals surface area contributed by atoms with Crippen LogP contribution in [0.15, 0.2) is 35.1 Å². The van der Waals surface area contributed by atoms with E-state index < -0.39 is 0 Å². The van der Waals surface area contributed by atoms with Crippen molar-refractivity contribution in [2.24, 2.45) is 0 Å². The lowest BCUT2D eigenvalue weighted by Gasteiger charge is -2.13. The third-order valence-corrected chi connectivity index (χ3v) is 3.79. The van der Waals surface area contributed by atoms with Crippen LogP contribution in [0.4, 0.5) is 0 Å². The summed E-state index contributed by atoms with van der Waals surface area (Å²) in [5, 5.41) is 7.67. The van der Waals surface area contributed by atoms with E-state index in [4.69, 9.17) is 0 Å². The van der Waals surface area contributed by atoms with Gasteiger partial charge in [0.2, 0.25) is 5.91 Å². The Kier molecular flexibility index (Phi) is 4.28. The number of amides is 3. The van der Waals surface area contributed by atoms with Crippen LogP contribution in [0, 0.1) is 0 Å². The first kappa shape index (κ1) is 15.7. The molecule has 0 radical (unpaired) electrons. The molecular weight excluding hydrogens is 312 g/mol. The van der Waals surface area contributed by atoms with E-state index in [-0.39, 0.29) is 42.8 Å². The predicted molar refractivity (Wildman–Crippen MR) is 84.3 cm³/mol. The number of carbonyl (C=O) groups excluding carboxylic acids is 3. The monoisotopic (exact) mass is 328 g/mol. The normalized spacial score (nSPS) is 13.2. The largest absolute Gasteiger partial charge is 0.350 e. The summed E-state index contributed by atoms with van der Waals surface area (Å²) in [5.74, 6) is -0.851. The lowest BCUT2D eigenvalue weighted by atomic mass is 10.1. The lowest BCUT2D eigenvalue weighted by molar-refractivity contribution is -0.121. The van der Waals surface area contributed by atoms with E-state index >= 15 is 0 Å². The maximum atomic E-state index is 12.2. The molecule has 0 fully saturated rings. The van der Waals surface area contributed by atoms with Crippen molar-refractivity contribution in [2.75, 3.05) is 6.54 Å². The highest BCUT2D eigenvalue weighted by Crippen LogP contribution is 2.22. The fraction of sp³-hybridized carbons (Fsp3) is 0.250. The van der Waals surface area contributed by atoms with Gasteiger partial charge in [-0.2, -0.15) is 0 Å². The zero-order valence-electron chi connectivity index (χ0n) is 12.8. The van der Waals surface area contributed by atoms with Crippen molar-refractivity contribution in [2.45, 2.75) is 19.4 Å². The predicted octanol–water partition coefficient (Wildman–Crippen LogP) is 0.396. The molecule has 1 aromatic carbocycles. The number of nitrogens with zero attached hydrogens (tertiary/aromatic N) is 1. The smallest absolute Gasteiger partial charge is 0.264 e. The highest BCUT2D eigenvalue weighted by atomic mass is 16.2. The van der Waals surface area contributed by atoms with Gasteiger partial charge in [-0.3, -0.25) is 29.2 Å². The molecule has 3 rings (SSSR count). The second-order valence-corrected chi connectivity index (χ2v) is 5.47. The van der Waals surface area contributed by atoms with E-state index in [1.807, 2.05) is 0 Å². The third-order valence-electron chi connectivity index (χ3n) is 3.79. The Balaban J connectivity index is 1.47. The van der Waals surface area contributed by atoms with E-state index in [1.165, 1.54) is 11.0 Å². The Bertz CT molecular complexity index is 817. The number of aromatic nitrogens is 2. The molecule has 1 aromatic heterocycles. The van der Waals surface area contributed by atoms with Crippen LogP contribution in [-0.2, 0) is 11.3 Å². The van der Waals surface area contributed by atoms with Gasteiger partial charge in [-0.1, -0.05) is 12.1 Å². The van der Waals surface area contributed by atoms with Gasteiger partial charge in [-0.15, -0.1) is 0 Å². The summed E-state index contributed by atoms with van der Waals surface area (Å²) in [7, 11) is 0. The van der Waals surface area contributed by atoms with Crippen molar-refractivity contribution < 1.29 is 14.4 Å². The minimum Gasteiger partial charge on any atom is -0.350 e. The molecule has 0 spiro atoms. The SMILES string of the molecule is O=C(CCCN1C(=O)c2ccccc2C1=O)NCc1cc(=O)[nH][nH]1. The minimum absolute atomic E-state index is 0.183. The van der Waals surface area contributed by atoms with E-state index in [0.29, 0.717) is 23.2 Å². The number of hydrogen-bond donors (Lipinski definition) is 3. The number of imide groups is 1. The van der Waals surface area contributed by atoms with E-state index in [2.05, 4.69) is 15.5 Å². The summed E-state index contributed by atoms with van der Waals surface area (Å²) in [5.41, 5.74) is 1.13. The molecule has 0 atom stereocenters. The molecule has 24 heavy (non-hydrogen) atoms. The molecule has 2 heterocycles. The molecule has 0 saturated heterocycles. The van der Waals surface area contributed by atoms with Gasteiger partial charge in [0, 0.05) is 19.0 Å². The molecule has 1 aliphatic rings. The number of nitrogens with one attached hydrogen (secondary N) is 3. The summed E-state index contributed by atoms with van der Waals surface area (Å²) in [4.78, 5) is 48.2. The Labute approximate surface area is 136 Å². The molecule has 124 valence electrons. The van der Waals surface area contributed by atoms with E-state index in [9.17, 15) is 19.2 Å². The van der Waals surface area contributed by atoms with Crippen molar-refractivity contribution >= 4 is 17.7 Å². The topological polar surface area (TPSA) is 115 Å². The Morgan fingerprint density at radius 1 is 1.04 bits per heavy atom. The number of benzene rings is 1. The zero-order chi connectivity index (χ0) is 17.1. The van der Waals surface area contributed by atoms with Crippen LogP contribution in [-0.4, -0.2) is 39.4 Å². The molecule has 0 aliphatic carbocycles. The fourth-order valence-electron chi connectivity index (χ4n) is 2.59. The fourth-order valence-corrected chi connectivity index (χ4v) is 2.59. The van der Waals surface area contributed by atoms with Gasteiger partial charge in [0.25, 0.3) is 17.4 Å². The van der Waals surface area contributed by atoms with Crippen LogP contribution in [0.5, 0.6) is 0 Å². The number of rotatable bonds is 6. The average molecular weight is 328 g/mol. The van der Waals surface area contributed by atoms with Crippen LogP contribution in [0.2, 0.25) is 0 Å². The molecular formula is C16H16N4O4. The number of fused-ring (bicyclic) bond motifs is 1. The molecule has 8 nitrogen and oxygen atoms in total. The zero-order valence-corrected chi connectivity index (χ0v) is 12.8. The molecule has 3 N–H and O–H groups in total. The summed E-state index contributed by atoms with van der Waals surface area (Å²) >= 11 is 0. The van der Waals surface area contributed by atoms with Gasteiger partial charge in [0.1, 0.15) is 0 Å². The maximum Gasteiger partial charge on any atom is 0.264 e. The van der Waals surface area contributed by atoms with Gasteiger partial charge >= 0.3 is 0 Å². The van der Waals surface area contributed by atoms with Gasteiger partial charge in [0.05, 0.1) is 23.4 Å². The molecule has 8 heteroatoms. The molecule has 2 aromatic rings. The highest BCUT2D eigenvalue weighted by Gasteiger charge is 2.34. The summed E-state index contributed by atoms with van der Waals surface area (Å²) in [6.07, 6.45) is 0.559. The average Bonchev–Trinajstić information content (AvgIpc) is 3.10. The van der Waals surface area contributed by atoms with Crippen LogP contribution in [0.25, 0.3) is 0 Å². The van der Waals surface area contributed by atoms with Gasteiger partial charge < -0.3 is 10.4 Å². The number of H-pyrrole nitrogens is 2. The van der Waals surface area contributed by atoms with Crippen LogP contribution in [0.1, 0.15) is 39.3 Å². The van der Waals surface area contributed by atoms with Crippen molar-refractivity contribution in [3.8, 4) is 0 Å². The van der Waals surface area contributed by atoms with Crippen LogP contribution >= 0.6 is 0 Å². The van der Waals surface area contributed by atoms with Gasteiger partial charge in [-0.05, 0) is 18.6 Å². The van der Waals surface area contributed by atoms with Crippen molar-refractivity contribution in [1.82, 2.24) is 20.4 Å². The third kappa shape index (κ3) is 3.12. The van der Waals surface area contributed by atoms with Gasteiger partial charge in [-0.25, -0.2) is 0 Å². The summed E-state index contributed by atoms with van der Waals surface area (Å²) in [6.45, 7) is 0.408. The van der Waals surface area contributed by atoms with Crippen molar-refractivity contribution in [3.63, 3.8) is 0 Å². The molecule has 1 aliphatic heterocycles. The first-order chi connectivity index (χ1) is 11.6. The molecule has 0 saturated carbocycles. The van der Waals surface area contributed by atoms with Crippen molar-refractivity contribution in [3.05, 3.63) is 57.5 Å². The molecule has 0 bridgehead atoms. The molecule has 3 amide bonds. The highest BCUT2D eigenvalue weighted by molar-refractivity contribution is 6.21. The lowest BCUT2D eigenvalue weighted by Crippen LogP contribution is -2.32. The number of hydrogen-bond acceptors (Lipinski definition) is 4.